The molecule has 1 heterocycles. The third-order valence-electron chi connectivity index (χ3n) is 4.58. The summed E-state index contributed by atoms with van der Waals surface area (Å²) in [6, 6.07) is 11.8. The molecule has 0 saturated heterocycles. The summed E-state index contributed by atoms with van der Waals surface area (Å²) in [6.07, 6.45) is 4.42. The minimum atomic E-state index is -0.356. The SMILES string of the molecule is CC(C)n1c2c(cc(C(N)c3ccccc3)c1=O)CCCC2. The number of hydrogen-bond acceptors (Lipinski definition) is 2. The Balaban J connectivity index is 2.16. The smallest absolute Gasteiger partial charge is 0.256 e. The number of rotatable bonds is 3. The van der Waals surface area contributed by atoms with Crippen LogP contribution in [-0.4, -0.2) is 4.57 Å². The second-order valence-corrected chi connectivity index (χ2v) is 6.44. The average molecular weight is 296 g/mol. The summed E-state index contributed by atoms with van der Waals surface area (Å²) < 4.78 is 1.96. The van der Waals surface area contributed by atoms with Crippen LogP contribution in [-0.2, 0) is 12.8 Å². The number of pyridine rings is 1. The van der Waals surface area contributed by atoms with E-state index in [2.05, 4.69) is 19.9 Å². The Hall–Kier alpha value is -1.87. The molecule has 1 atom stereocenters. The van der Waals surface area contributed by atoms with Gasteiger partial charge >= 0.3 is 0 Å². The van der Waals surface area contributed by atoms with Gasteiger partial charge in [0.05, 0.1) is 6.04 Å². The van der Waals surface area contributed by atoms with Crippen molar-refractivity contribution >= 4 is 0 Å². The summed E-state index contributed by atoms with van der Waals surface area (Å²) in [5.41, 5.74) is 10.7. The Morgan fingerprint density at radius 1 is 1.09 bits per heavy atom. The van der Waals surface area contributed by atoms with E-state index in [9.17, 15) is 4.79 Å². The van der Waals surface area contributed by atoms with Gasteiger partial charge in [-0.25, -0.2) is 0 Å². The lowest BCUT2D eigenvalue weighted by atomic mass is 9.91. The molecule has 1 aliphatic rings. The minimum absolute atomic E-state index is 0.0759. The van der Waals surface area contributed by atoms with Crippen LogP contribution < -0.4 is 11.3 Å². The van der Waals surface area contributed by atoms with Crippen LogP contribution in [0.25, 0.3) is 0 Å². The fourth-order valence-corrected chi connectivity index (χ4v) is 3.46. The number of fused-ring (bicyclic) bond motifs is 1. The molecule has 0 bridgehead atoms. The van der Waals surface area contributed by atoms with Gasteiger partial charge in [-0.3, -0.25) is 4.79 Å². The van der Waals surface area contributed by atoms with Crippen LogP contribution in [0.5, 0.6) is 0 Å². The van der Waals surface area contributed by atoms with Gasteiger partial charge in [0.15, 0.2) is 0 Å². The van der Waals surface area contributed by atoms with E-state index in [0.29, 0.717) is 0 Å². The zero-order valence-corrected chi connectivity index (χ0v) is 13.4. The fourth-order valence-electron chi connectivity index (χ4n) is 3.46. The van der Waals surface area contributed by atoms with E-state index in [0.717, 1.165) is 24.0 Å². The molecule has 0 saturated carbocycles. The fraction of sp³-hybridized carbons (Fsp3) is 0.421. The van der Waals surface area contributed by atoms with Gasteiger partial charge in [0.1, 0.15) is 0 Å². The molecule has 1 aromatic carbocycles. The van der Waals surface area contributed by atoms with E-state index in [1.54, 1.807) is 0 Å². The lowest BCUT2D eigenvalue weighted by Crippen LogP contribution is -2.34. The Morgan fingerprint density at radius 2 is 1.77 bits per heavy atom. The van der Waals surface area contributed by atoms with E-state index in [-0.39, 0.29) is 17.6 Å². The third-order valence-corrected chi connectivity index (χ3v) is 4.58. The molecule has 0 amide bonds. The highest BCUT2D eigenvalue weighted by atomic mass is 16.1. The molecule has 2 N–H and O–H groups in total. The summed E-state index contributed by atoms with van der Waals surface area (Å²) >= 11 is 0. The quantitative estimate of drug-likeness (QED) is 0.944. The zero-order chi connectivity index (χ0) is 15.7. The van der Waals surface area contributed by atoms with Gasteiger partial charge in [-0.15, -0.1) is 0 Å². The highest BCUT2D eigenvalue weighted by Crippen LogP contribution is 2.26. The Morgan fingerprint density at radius 3 is 2.45 bits per heavy atom. The molecule has 0 spiro atoms. The van der Waals surface area contributed by atoms with Crippen molar-refractivity contribution in [3.05, 3.63) is 69.1 Å². The van der Waals surface area contributed by atoms with Crippen molar-refractivity contribution < 1.29 is 0 Å². The number of hydrogen-bond donors (Lipinski definition) is 1. The summed E-state index contributed by atoms with van der Waals surface area (Å²) in [4.78, 5) is 13.0. The van der Waals surface area contributed by atoms with Crippen molar-refractivity contribution in [3.8, 4) is 0 Å². The predicted molar refractivity (Wildman–Crippen MR) is 90.2 cm³/mol. The van der Waals surface area contributed by atoms with Crippen molar-refractivity contribution in [1.82, 2.24) is 4.57 Å². The first-order valence-electron chi connectivity index (χ1n) is 8.17. The molecule has 22 heavy (non-hydrogen) atoms. The molecule has 1 aliphatic carbocycles. The highest BCUT2D eigenvalue weighted by Gasteiger charge is 2.22. The molecule has 0 aliphatic heterocycles. The first-order chi connectivity index (χ1) is 10.6. The maximum absolute atomic E-state index is 13.0. The molecule has 1 aromatic heterocycles. The Kier molecular flexibility index (Phi) is 4.16. The number of aromatic nitrogens is 1. The van der Waals surface area contributed by atoms with Gasteiger partial charge in [0.2, 0.25) is 0 Å². The summed E-state index contributed by atoms with van der Waals surface area (Å²) in [5.74, 6) is 0. The number of aryl methyl sites for hydroxylation is 1. The Bertz CT molecular complexity index is 716. The lowest BCUT2D eigenvalue weighted by Gasteiger charge is -2.26. The van der Waals surface area contributed by atoms with Crippen LogP contribution in [0.1, 0.15) is 61.2 Å². The van der Waals surface area contributed by atoms with Gasteiger partial charge in [-0.05, 0) is 56.7 Å². The van der Waals surface area contributed by atoms with Crippen molar-refractivity contribution in [2.24, 2.45) is 5.73 Å². The van der Waals surface area contributed by atoms with Crippen LogP contribution in [0, 0.1) is 0 Å². The highest BCUT2D eigenvalue weighted by molar-refractivity contribution is 5.36. The van der Waals surface area contributed by atoms with Crippen LogP contribution in [0.15, 0.2) is 41.2 Å². The van der Waals surface area contributed by atoms with E-state index in [4.69, 9.17) is 5.73 Å². The molecule has 3 rings (SSSR count). The van der Waals surface area contributed by atoms with Gasteiger partial charge in [-0.1, -0.05) is 30.3 Å². The van der Waals surface area contributed by atoms with Crippen LogP contribution in [0.3, 0.4) is 0 Å². The maximum Gasteiger partial charge on any atom is 0.256 e. The normalized spacial score (nSPS) is 15.6. The standard InChI is InChI=1S/C19H24N2O/c1-13(2)21-17-11-7-6-10-15(17)12-16(19(21)22)18(20)14-8-4-3-5-9-14/h3-5,8-9,12-13,18H,6-7,10-11,20H2,1-2H3. The van der Waals surface area contributed by atoms with Crippen LogP contribution in [0.4, 0.5) is 0 Å². The van der Waals surface area contributed by atoms with Gasteiger partial charge in [0, 0.05) is 17.3 Å². The average Bonchev–Trinajstić information content (AvgIpc) is 2.54. The van der Waals surface area contributed by atoms with Crippen molar-refractivity contribution in [1.29, 1.82) is 0 Å². The van der Waals surface area contributed by atoms with E-state index in [1.807, 2.05) is 34.9 Å². The number of nitrogens with zero attached hydrogens (tertiary/aromatic N) is 1. The molecule has 0 fully saturated rings. The molecule has 1 unspecified atom stereocenters. The first kappa shape index (κ1) is 15.0. The maximum atomic E-state index is 13.0. The lowest BCUT2D eigenvalue weighted by molar-refractivity contribution is 0.512. The molecular weight excluding hydrogens is 272 g/mol. The topological polar surface area (TPSA) is 48.0 Å². The monoisotopic (exact) mass is 296 g/mol. The van der Waals surface area contributed by atoms with Gasteiger partial charge in [0.25, 0.3) is 5.56 Å². The minimum Gasteiger partial charge on any atom is -0.320 e. The van der Waals surface area contributed by atoms with Crippen LogP contribution in [0.2, 0.25) is 0 Å². The van der Waals surface area contributed by atoms with Crippen LogP contribution >= 0.6 is 0 Å². The molecule has 3 heteroatoms. The van der Waals surface area contributed by atoms with E-state index >= 15 is 0 Å². The second kappa shape index (κ2) is 6.09. The van der Waals surface area contributed by atoms with Gasteiger partial charge in [-0.2, -0.15) is 0 Å². The Labute approximate surface area is 131 Å². The van der Waals surface area contributed by atoms with Crippen molar-refractivity contribution in [2.75, 3.05) is 0 Å². The van der Waals surface area contributed by atoms with E-state index in [1.165, 1.54) is 24.1 Å². The number of benzene rings is 1. The molecule has 3 nitrogen and oxygen atoms in total. The van der Waals surface area contributed by atoms with Crippen molar-refractivity contribution in [3.63, 3.8) is 0 Å². The van der Waals surface area contributed by atoms with Crippen molar-refractivity contribution in [2.45, 2.75) is 51.6 Å². The first-order valence-corrected chi connectivity index (χ1v) is 8.17. The molecule has 0 radical (unpaired) electrons. The molecular formula is C19H24N2O. The summed E-state index contributed by atoms with van der Waals surface area (Å²) in [7, 11) is 0. The third kappa shape index (κ3) is 2.61. The summed E-state index contributed by atoms with van der Waals surface area (Å²) in [6.45, 7) is 4.15. The number of nitrogens with two attached hydrogens (primary N) is 1. The molecule has 116 valence electrons. The summed E-state index contributed by atoms with van der Waals surface area (Å²) in [5, 5.41) is 0. The molecule has 2 aromatic rings. The van der Waals surface area contributed by atoms with Gasteiger partial charge < -0.3 is 10.3 Å². The largest absolute Gasteiger partial charge is 0.320 e. The second-order valence-electron chi connectivity index (χ2n) is 6.44. The predicted octanol–water partition coefficient (Wildman–Crippen LogP) is 3.36. The van der Waals surface area contributed by atoms with E-state index < -0.39 is 0 Å². The zero-order valence-electron chi connectivity index (χ0n) is 13.4.